The summed E-state index contributed by atoms with van der Waals surface area (Å²) >= 11 is 0. The molecule has 0 saturated heterocycles. The molecule has 0 saturated carbocycles. The zero-order valence-electron chi connectivity index (χ0n) is 11.3. The number of hydrogen-bond donors (Lipinski definition) is 0. The van der Waals surface area contributed by atoms with Crippen molar-refractivity contribution in [2.45, 2.75) is 27.3 Å². The van der Waals surface area contributed by atoms with Crippen molar-refractivity contribution < 1.29 is 4.74 Å². The van der Waals surface area contributed by atoms with E-state index >= 15 is 0 Å². The van der Waals surface area contributed by atoms with E-state index in [4.69, 9.17) is 10.00 Å². The molecular formula is C14H20N2O. The number of methoxy groups -OCH3 is 1. The molecule has 0 N–H and O–H groups in total. The molecule has 0 aliphatic rings. The van der Waals surface area contributed by atoms with Crippen LogP contribution in [0.15, 0.2) is 6.07 Å². The van der Waals surface area contributed by atoms with Crippen LogP contribution in [0.4, 0.5) is 0 Å². The lowest BCUT2D eigenvalue weighted by Gasteiger charge is -2.20. The number of rotatable bonds is 4. The van der Waals surface area contributed by atoms with Gasteiger partial charge in [-0.15, -0.1) is 0 Å². The van der Waals surface area contributed by atoms with Crippen LogP contribution in [0.1, 0.15) is 22.3 Å². The van der Waals surface area contributed by atoms with E-state index in [1.165, 1.54) is 22.3 Å². The zero-order valence-corrected chi connectivity index (χ0v) is 11.3. The lowest BCUT2D eigenvalue weighted by molar-refractivity contribution is 0.364. The van der Waals surface area contributed by atoms with Gasteiger partial charge < -0.3 is 4.74 Å². The Balaban J connectivity index is 3.09. The van der Waals surface area contributed by atoms with E-state index < -0.39 is 0 Å². The molecule has 1 aromatic carbocycles. The molecule has 0 bridgehead atoms. The fourth-order valence-electron chi connectivity index (χ4n) is 2.00. The van der Waals surface area contributed by atoms with Crippen molar-refractivity contribution in [1.29, 1.82) is 5.26 Å². The molecule has 0 atom stereocenters. The average Bonchev–Trinajstić information content (AvgIpc) is 2.29. The molecule has 0 aromatic heterocycles. The molecule has 0 heterocycles. The molecule has 0 amide bonds. The molecule has 1 rings (SSSR count). The summed E-state index contributed by atoms with van der Waals surface area (Å²) < 4.78 is 5.35. The van der Waals surface area contributed by atoms with Gasteiger partial charge in [-0.05, 0) is 56.1 Å². The van der Waals surface area contributed by atoms with E-state index in [1.807, 2.05) is 11.9 Å². The van der Waals surface area contributed by atoms with Gasteiger partial charge in [-0.2, -0.15) is 5.26 Å². The maximum absolute atomic E-state index is 8.68. The van der Waals surface area contributed by atoms with Crippen molar-refractivity contribution in [2.24, 2.45) is 0 Å². The van der Waals surface area contributed by atoms with Gasteiger partial charge in [-0.1, -0.05) is 0 Å². The first-order valence-electron chi connectivity index (χ1n) is 5.70. The summed E-state index contributed by atoms with van der Waals surface area (Å²) in [6.45, 7) is 7.52. The normalized spacial score (nSPS) is 10.4. The Bertz CT molecular complexity index is 447. The van der Waals surface area contributed by atoms with Crippen molar-refractivity contribution >= 4 is 0 Å². The molecule has 0 aliphatic carbocycles. The largest absolute Gasteiger partial charge is 0.496 e. The second-order valence-corrected chi connectivity index (χ2v) is 4.45. The van der Waals surface area contributed by atoms with Gasteiger partial charge in [0.2, 0.25) is 0 Å². The molecule has 3 heteroatoms. The lowest BCUT2D eigenvalue weighted by atomic mass is 9.97. The van der Waals surface area contributed by atoms with E-state index in [9.17, 15) is 0 Å². The van der Waals surface area contributed by atoms with Crippen LogP contribution in [0, 0.1) is 32.1 Å². The highest BCUT2D eigenvalue weighted by molar-refractivity contribution is 5.48. The van der Waals surface area contributed by atoms with Crippen LogP contribution >= 0.6 is 0 Å². The predicted molar refractivity (Wildman–Crippen MR) is 69.2 cm³/mol. The second kappa shape index (κ2) is 5.70. The first-order chi connectivity index (χ1) is 8.01. The topological polar surface area (TPSA) is 36.3 Å². The Hall–Kier alpha value is -1.53. The van der Waals surface area contributed by atoms with Crippen LogP contribution in [0.3, 0.4) is 0 Å². The summed E-state index contributed by atoms with van der Waals surface area (Å²) in [5.41, 5.74) is 4.95. The number of nitrogens with zero attached hydrogens (tertiary/aromatic N) is 2. The summed E-state index contributed by atoms with van der Waals surface area (Å²) in [5, 5.41) is 8.68. The van der Waals surface area contributed by atoms with Gasteiger partial charge in [0.05, 0.1) is 19.7 Å². The van der Waals surface area contributed by atoms with Crippen molar-refractivity contribution in [3.63, 3.8) is 0 Å². The Morgan fingerprint density at radius 2 is 1.94 bits per heavy atom. The Kier molecular flexibility index (Phi) is 4.53. The number of hydrogen-bond acceptors (Lipinski definition) is 3. The molecule has 92 valence electrons. The minimum absolute atomic E-state index is 0.448. The van der Waals surface area contributed by atoms with Crippen LogP contribution in [0.25, 0.3) is 0 Å². The molecule has 1 aromatic rings. The summed E-state index contributed by atoms with van der Waals surface area (Å²) in [6, 6.07) is 4.23. The van der Waals surface area contributed by atoms with Gasteiger partial charge in [-0.25, -0.2) is 0 Å². The maximum Gasteiger partial charge on any atom is 0.122 e. The van der Waals surface area contributed by atoms with Gasteiger partial charge in [0.1, 0.15) is 5.75 Å². The van der Waals surface area contributed by atoms with E-state index in [0.717, 1.165) is 12.3 Å². The van der Waals surface area contributed by atoms with Gasteiger partial charge in [0.15, 0.2) is 0 Å². The highest BCUT2D eigenvalue weighted by Crippen LogP contribution is 2.28. The fourth-order valence-corrected chi connectivity index (χ4v) is 2.00. The van der Waals surface area contributed by atoms with Crippen LogP contribution in [-0.2, 0) is 6.54 Å². The molecule has 0 aliphatic heterocycles. The van der Waals surface area contributed by atoms with E-state index in [1.54, 1.807) is 7.11 Å². The molecule has 3 nitrogen and oxygen atoms in total. The first-order valence-corrected chi connectivity index (χ1v) is 5.70. The van der Waals surface area contributed by atoms with Crippen molar-refractivity contribution in [3.8, 4) is 11.8 Å². The van der Waals surface area contributed by atoms with Crippen LogP contribution in [0.2, 0.25) is 0 Å². The Labute approximate surface area is 104 Å². The van der Waals surface area contributed by atoms with Crippen LogP contribution in [0.5, 0.6) is 5.75 Å². The number of aryl methyl sites for hydroxylation is 1. The quantitative estimate of drug-likeness (QED) is 0.749. The number of nitriles is 1. The monoisotopic (exact) mass is 232 g/mol. The lowest BCUT2D eigenvalue weighted by Crippen LogP contribution is -2.19. The summed E-state index contributed by atoms with van der Waals surface area (Å²) in [4.78, 5) is 2.02. The standard InChI is InChI=1S/C14H20N2O/c1-10-8-14(17-5)12(3)11(2)13(10)9-16(4)7-6-15/h8H,7,9H2,1-5H3. The summed E-state index contributed by atoms with van der Waals surface area (Å²) in [5.74, 6) is 0.937. The highest BCUT2D eigenvalue weighted by Gasteiger charge is 2.12. The third kappa shape index (κ3) is 2.98. The number of benzene rings is 1. The number of ether oxygens (including phenoxy) is 1. The SMILES string of the molecule is COc1cc(C)c(CN(C)CC#N)c(C)c1C. The summed E-state index contributed by atoms with van der Waals surface area (Å²) in [6.07, 6.45) is 0. The maximum atomic E-state index is 8.68. The van der Waals surface area contributed by atoms with Crippen LogP contribution in [-0.4, -0.2) is 25.6 Å². The minimum atomic E-state index is 0.448. The fraction of sp³-hybridized carbons (Fsp3) is 0.500. The molecule has 0 radical (unpaired) electrons. The smallest absolute Gasteiger partial charge is 0.122 e. The molecular weight excluding hydrogens is 212 g/mol. The van der Waals surface area contributed by atoms with Gasteiger partial charge in [0.25, 0.3) is 0 Å². The highest BCUT2D eigenvalue weighted by atomic mass is 16.5. The Morgan fingerprint density at radius 1 is 1.29 bits per heavy atom. The molecule has 0 spiro atoms. The minimum Gasteiger partial charge on any atom is -0.496 e. The molecule has 17 heavy (non-hydrogen) atoms. The van der Waals surface area contributed by atoms with Crippen molar-refractivity contribution in [1.82, 2.24) is 4.90 Å². The van der Waals surface area contributed by atoms with Gasteiger partial charge >= 0.3 is 0 Å². The average molecular weight is 232 g/mol. The Morgan fingerprint density at radius 3 is 2.47 bits per heavy atom. The van der Waals surface area contributed by atoms with E-state index in [2.05, 4.69) is 32.9 Å². The predicted octanol–water partition coefficient (Wildman–Crippen LogP) is 2.58. The third-order valence-corrected chi connectivity index (χ3v) is 3.20. The van der Waals surface area contributed by atoms with Crippen molar-refractivity contribution in [2.75, 3.05) is 20.7 Å². The van der Waals surface area contributed by atoms with E-state index in [0.29, 0.717) is 6.54 Å². The second-order valence-electron chi connectivity index (χ2n) is 4.45. The molecule has 0 fully saturated rings. The van der Waals surface area contributed by atoms with Crippen LogP contribution < -0.4 is 4.74 Å². The zero-order chi connectivity index (χ0) is 13.0. The van der Waals surface area contributed by atoms with Gasteiger partial charge in [-0.3, -0.25) is 4.90 Å². The van der Waals surface area contributed by atoms with Crippen molar-refractivity contribution in [3.05, 3.63) is 28.3 Å². The van der Waals surface area contributed by atoms with Gasteiger partial charge in [0, 0.05) is 6.54 Å². The third-order valence-electron chi connectivity index (χ3n) is 3.20. The summed E-state index contributed by atoms with van der Waals surface area (Å²) in [7, 11) is 3.66. The van der Waals surface area contributed by atoms with E-state index in [-0.39, 0.29) is 0 Å². The first kappa shape index (κ1) is 13.5. The molecule has 0 unspecified atom stereocenters.